The van der Waals surface area contributed by atoms with Gasteiger partial charge >= 0.3 is 5.97 Å². The molecule has 0 amide bonds. The van der Waals surface area contributed by atoms with E-state index >= 15 is 0 Å². The smallest absolute Gasteiger partial charge is 0.311 e. The lowest BCUT2D eigenvalue weighted by Gasteiger charge is -2.30. The Balaban J connectivity index is 2.27. The fourth-order valence-electron chi connectivity index (χ4n) is 3.26. The summed E-state index contributed by atoms with van der Waals surface area (Å²) in [5.74, 6) is -0.398. The highest BCUT2D eigenvalue weighted by molar-refractivity contribution is 5.73. The van der Waals surface area contributed by atoms with E-state index in [4.69, 9.17) is 15.0 Å². The van der Waals surface area contributed by atoms with Crippen molar-refractivity contribution in [3.8, 4) is 0 Å². The summed E-state index contributed by atoms with van der Waals surface area (Å²) in [6.45, 7) is 5.60. The summed E-state index contributed by atoms with van der Waals surface area (Å²) in [6.07, 6.45) is 12.1. The van der Waals surface area contributed by atoms with Gasteiger partial charge in [-0.25, -0.2) is 0 Å². The van der Waals surface area contributed by atoms with E-state index in [9.17, 15) is 4.79 Å². The molecule has 1 fully saturated rings. The summed E-state index contributed by atoms with van der Waals surface area (Å²) < 4.78 is 11.4. The second kappa shape index (κ2) is 13.3. The first-order valence-corrected chi connectivity index (χ1v) is 9.91. The van der Waals surface area contributed by atoms with Gasteiger partial charge in [0.15, 0.2) is 0 Å². The molecule has 0 aromatic carbocycles. The summed E-state index contributed by atoms with van der Waals surface area (Å²) in [6, 6.07) is -0.118. The molecule has 1 aliphatic rings. The summed E-state index contributed by atoms with van der Waals surface area (Å²) in [7, 11) is 0. The van der Waals surface area contributed by atoms with Gasteiger partial charge in [-0.15, -0.1) is 0 Å². The molecule has 1 rings (SSSR count). The topological polar surface area (TPSA) is 73.5 Å². The summed E-state index contributed by atoms with van der Waals surface area (Å²) >= 11 is 0. The molecule has 0 bridgehead atoms. The van der Waals surface area contributed by atoms with E-state index in [1.54, 1.807) is 0 Å². The van der Waals surface area contributed by atoms with Gasteiger partial charge < -0.3 is 9.47 Å². The van der Waals surface area contributed by atoms with Crippen molar-refractivity contribution in [2.24, 2.45) is 11.0 Å². The largest absolute Gasteiger partial charge is 0.465 e. The standard InChI is InChI=1S/C19H36N2O3/c1-3-5-7-8-9-10-14-23-16-11-12-18(21-20)17(15-16)19(22)24-13-6-4-2/h16-18,20H,3-15H2,1-2H3/p+1. The molecule has 5 heteroatoms. The van der Waals surface area contributed by atoms with Crippen LogP contribution >= 0.6 is 0 Å². The number of ether oxygens (including phenoxy) is 2. The van der Waals surface area contributed by atoms with Gasteiger partial charge in [0.05, 0.1) is 18.6 Å². The van der Waals surface area contributed by atoms with Crippen LogP contribution in [0, 0.1) is 5.92 Å². The van der Waals surface area contributed by atoms with Crippen LogP contribution in [0.15, 0.2) is 5.11 Å². The average Bonchev–Trinajstić information content (AvgIpc) is 2.61. The van der Waals surface area contributed by atoms with Gasteiger partial charge in [0.2, 0.25) is 0 Å². The second-order valence-corrected chi connectivity index (χ2v) is 6.92. The average molecular weight is 342 g/mol. The Hall–Kier alpha value is -0.970. The normalized spacial score (nSPS) is 23.8. The van der Waals surface area contributed by atoms with Gasteiger partial charge in [-0.3, -0.25) is 4.79 Å². The summed E-state index contributed by atoms with van der Waals surface area (Å²) in [4.78, 5) is 12.3. The predicted molar refractivity (Wildman–Crippen MR) is 94.5 cm³/mol. The molecule has 3 atom stereocenters. The minimum absolute atomic E-state index is 0.118. The van der Waals surface area contributed by atoms with Crippen LogP contribution < -0.4 is 5.53 Å². The molecule has 0 radical (unpaired) electrons. The van der Waals surface area contributed by atoms with Gasteiger partial charge in [-0.05, 0) is 37.2 Å². The van der Waals surface area contributed by atoms with Crippen molar-refractivity contribution in [2.45, 2.75) is 96.6 Å². The molecule has 0 aromatic rings. The maximum atomic E-state index is 12.3. The van der Waals surface area contributed by atoms with Crippen molar-refractivity contribution < 1.29 is 19.8 Å². The Morgan fingerprint density at radius 2 is 1.71 bits per heavy atom. The van der Waals surface area contributed by atoms with Crippen molar-refractivity contribution in [1.29, 1.82) is 0 Å². The zero-order valence-electron chi connectivity index (χ0n) is 15.7. The number of unbranched alkanes of at least 4 members (excludes halogenated alkanes) is 6. The highest BCUT2D eigenvalue weighted by Gasteiger charge is 2.38. The number of esters is 1. The first-order valence-electron chi connectivity index (χ1n) is 9.91. The van der Waals surface area contributed by atoms with E-state index in [1.165, 1.54) is 32.1 Å². The molecular formula is C19H37N2O3+. The number of hydrogen-bond acceptors (Lipinski definition) is 4. The third-order valence-corrected chi connectivity index (χ3v) is 4.85. The van der Waals surface area contributed by atoms with E-state index in [0.717, 1.165) is 38.7 Å². The molecule has 3 unspecified atom stereocenters. The molecule has 0 aliphatic heterocycles. The lowest BCUT2D eigenvalue weighted by molar-refractivity contribution is -0.235. The van der Waals surface area contributed by atoms with Crippen LogP contribution in [0.5, 0.6) is 0 Å². The first-order chi connectivity index (χ1) is 11.7. The number of nitrogens with two attached hydrogens (primary N) is 1. The summed E-state index contributed by atoms with van der Waals surface area (Å²) in [5.41, 5.74) is 5.49. The molecule has 0 aromatic heterocycles. The number of nitrogens with zero attached hydrogens (tertiary/aromatic N) is 1. The number of carbonyl (C=O) groups excluding carboxylic acids is 1. The van der Waals surface area contributed by atoms with Crippen LogP contribution in [0.1, 0.15) is 84.5 Å². The summed E-state index contributed by atoms with van der Waals surface area (Å²) in [5, 5.41) is 3.89. The van der Waals surface area contributed by atoms with E-state index in [0.29, 0.717) is 13.0 Å². The fraction of sp³-hybridized carbons (Fsp3) is 0.947. The van der Waals surface area contributed by atoms with Crippen molar-refractivity contribution >= 4 is 5.97 Å². The van der Waals surface area contributed by atoms with Crippen LogP contribution in [0.2, 0.25) is 0 Å². The molecular weight excluding hydrogens is 304 g/mol. The number of rotatable bonds is 13. The molecule has 140 valence electrons. The Labute approximate surface area is 147 Å². The lowest BCUT2D eigenvalue weighted by Crippen LogP contribution is -2.42. The zero-order valence-corrected chi connectivity index (χ0v) is 15.7. The SMILES string of the molecule is CCCCCCCCOC1CCC(N=[NH2+])C(C(=O)OCCCC)C1. The van der Waals surface area contributed by atoms with Crippen LogP contribution in [0.4, 0.5) is 0 Å². The monoisotopic (exact) mass is 341 g/mol. The van der Waals surface area contributed by atoms with Crippen LogP contribution in [0.25, 0.3) is 0 Å². The van der Waals surface area contributed by atoms with Crippen molar-refractivity contribution in [3.05, 3.63) is 0 Å². The van der Waals surface area contributed by atoms with Crippen molar-refractivity contribution in [3.63, 3.8) is 0 Å². The third kappa shape index (κ3) is 8.22. The Morgan fingerprint density at radius 1 is 1.00 bits per heavy atom. The van der Waals surface area contributed by atoms with Crippen LogP contribution in [-0.4, -0.2) is 31.3 Å². The van der Waals surface area contributed by atoms with Crippen molar-refractivity contribution in [1.82, 2.24) is 0 Å². The minimum atomic E-state index is -0.241. The number of hydrogen-bond donors (Lipinski definition) is 1. The maximum absolute atomic E-state index is 12.3. The Morgan fingerprint density at radius 3 is 2.42 bits per heavy atom. The van der Waals surface area contributed by atoms with Gasteiger partial charge in [0.1, 0.15) is 6.04 Å². The zero-order chi connectivity index (χ0) is 17.6. The van der Waals surface area contributed by atoms with E-state index in [-0.39, 0.29) is 24.0 Å². The maximum Gasteiger partial charge on any atom is 0.311 e. The Bertz CT molecular complexity index is 350. The fourth-order valence-corrected chi connectivity index (χ4v) is 3.26. The van der Waals surface area contributed by atoms with E-state index in [2.05, 4.69) is 19.0 Å². The molecule has 2 N–H and O–H groups in total. The molecule has 0 heterocycles. The van der Waals surface area contributed by atoms with E-state index in [1.807, 2.05) is 0 Å². The van der Waals surface area contributed by atoms with Gasteiger partial charge in [-0.2, -0.15) is 5.53 Å². The molecule has 5 nitrogen and oxygen atoms in total. The molecule has 1 saturated carbocycles. The van der Waals surface area contributed by atoms with E-state index < -0.39 is 0 Å². The van der Waals surface area contributed by atoms with Crippen molar-refractivity contribution in [2.75, 3.05) is 13.2 Å². The quantitative estimate of drug-likeness (QED) is 0.317. The highest BCUT2D eigenvalue weighted by atomic mass is 16.5. The molecule has 1 aliphatic carbocycles. The minimum Gasteiger partial charge on any atom is -0.465 e. The lowest BCUT2D eigenvalue weighted by atomic mass is 9.83. The third-order valence-electron chi connectivity index (χ3n) is 4.85. The molecule has 0 spiro atoms. The molecule has 24 heavy (non-hydrogen) atoms. The predicted octanol–water partition coefficient (Wildman–Crippen LogP) is 3.46. The first kappa shape index (κ1) is 21.1. The molecule has 0 saturated heterocycles. The van der Waals surface area contributed by atoms with Crippen LogP contribution in [0.3, 0.4) is 0 Å². The van der Waals surface area contributed by atoms with Gasteiger partial charge in [0.25, 0.3) is 0 Å². The Kier molecular flexibility index (Phi) is 11.7. The van der Waals surface area contributed by atoms with Gasteiger partial charge in [0, 0.05) is 6.61 Å². The highest BCUT2D eigenvalue weighted by Crippen LogP contribution is 2.30. The van der Waals surface area contributed by atoms with Crippen LogP contribution in [-0.2, 0) is 14.3 Å². The van der Waals surface area contributed by atoms with Gasteiger partial charge in [-0.1, -0.05) is 52.4 Å². The number of carbonyl (C=O) groups is 1. The second-order valence-electron chi connectivity index (χ2n) is 6.92.